The van der Waals surface area contributed by atoms with Gasteiger partial charge in [-0.15, -0.1) is 0 Å². The smallest absolute Gasteiger partial charge is 0.0831 e. The highest BCUT2D eigenvalue weighted by Crippen LogP contribution is 2.29. The second-order valence-corrected chi connectivity index (χ2v) is 5.73. The SMILES string of the molecule is CC1(C)CN(CC2CCC2)CC(CN)O1. The van der Waals surface area contributed by atoms with Crippen LogP contribution in [0.1, 0.15) is 33.1 Å². The Labute approximate surface area is 93.0 Å². The van der Waals surface area contributed by atoms with E-state index in [0.717, 1.165) is 19.0 Å². The molecular formula is C12H24N2O. The molecule has 2 fully saturated rings. The Morgan fingerprint density at radius 3 is 2.67 bits per heavy atom. The van der Waals surface area contributed by atoms with Crippen LogP contribution in [-0.2, 0) is 4.74 Å². The fraction of sp³-hybridized carbons (Fsp3) is 1.00. The lowest BCUT2D eigenvalue weighted by Gasteiger charge is -2.44. The molecule has 3 nitrogen and oxygen atoms in total. The molecule has 3 heteroatoms. The second-order valence-electron chi connectivity index (χ2n) is 5.73. The quantitative estimate of drug-likeness (QED) is 0.764. The summed E-state index contributed by atoms with van der Waals surface area (Å²) in [5, 5.41) is 0. The molecule has 88 valence electrons. The molecule has 2 rings (SSSR count). The second kappa shape index (κ2) is 4.40. The van der Waals surface area contributed by atoms with Crippen molar-refractivity contribution in [3.8, 4) is 0 Å². The molecule has 1 aliphatic heterocycles. The molecule has 2 aliphatic rings. The minimum Gasteiger partial charge on any atom is -0.368 e. The molecule has 1 unspecified atom stereocenters. The van der Waals surface area contributed by atoms with E-state index in [0.29, 0.717) is 6.54 Å². The maximum absolute atomic E-state index is 5.92. The van der Waals surface area contributed by atoms with Gasteiger partial charge >= 0.3 is 0 Å². The van der Waals surface area contributed by atoms with Crippen LogP contribution in [0.25, 0.3) is 0 Å². The summed E-state index contributed by atoms with van der Waals surface area (Å²) in [4.78, 5) is 2.55. The molecule has 2 N–H and O–H groups in total. The van der Waals surface area contributed by atoms with E-state index in [-0.39, 0.29) is 11.7 Å². The van der Waals surface area contributed by atoms with Crippen molar-refractivity contribution in [3.05, 3.63) is 0 Å². The van der Waals surface area contributed by atoms with Gasteiger partial charge in [0, 0.05) is 26.2 Å². The van der Waals surface area contributed by atoms with Gasteiger partial charge in [0.1, 0.15) is 0 Å². The molecule has 1 heterocycles. The Morgan fingerprint density at radius 2 is 2.13 bits per heavy atom. The topological polar surface area (TPSA) is 38.5 Å². The van der Waals surface area contributed by atoms with Gasteiger partial charge in [-0.05, 0) is 32.6 Å². The normalized spacial score (nSPS) is 32.6. The van der Waals surface area contributed by atoms with Gasteiger partial charge in [0.2, 0.25) is 0 Å². The third kappa shape index (κ3) is 2.92. The summed E-state index contributed by atoms with van der Waals surface area (Å²) < 4.78 is 5.92. The summed E-state index contributed by atoms with van der Waals surface area (Å²) in [6.07, 6.45) is 4.50. The maximum Gasteiger partial charge on any atom is 0.0831 e. The number of hydrogen-bond acceptors (Lipinski definition) is 3. The Bertz CT molecular complexity index is 212. The van der Waals surface area contributed by atoms with E-state index in [1.165, 1.54) is 25.8 Å². The van der Waals surface area contributed by atoms with E-state index < -0.39 is 0 Å². The molecule has 0 aromatic rings. The molecule has 15 heavy (non-hydrogen) atoms. The Hall–Kier alpha value is -0.120. The van der Waals surface area contributed by atoms with Gasteiger partial charge in [0.25, 0.3) is 0 Å². The number of rotatable bonds is 3. The molecule has 0 bridgehead atoms. The minimum absolute atomic E-state index is 0.0218. The van der Waals surface area contributed by atoms with Gasteiger partial charge in [-0.2, -0.15) is 0 Å². The summed E-state index contributed by atoms with van der Waals surface area (Å²) in [5.74, 6) is 0.942. The number of hydrogen-bond donors (Lipinski definition) is 1. The molecule has 0 radical (unpaired) electrons. The molecule has 1 saturated carbocycles. The van der Waals surface area contributed by atoms with Gasteiger partial charge in [-0.25, -0.2) is 0 Å². The van der Waals surface area contributed by atoms with Crippen LogP contribution in [0.15, 0.2) is 0 Å². The molecule has 1 saturated heterocycles. The molecule has 0 amide bonds. The Morgan fingerprint density at radius 1 is 1.40 bits per heavy atom. The number of nitrogens with two attached hydrogens (primary N) is 1. The predicted molar refractivity (Wildman–Crippen MR) is 61.8 cm³/mol. The molecular weight excluding hydrogens is 188 g/mol. The first-order valence-corrected chi connectivity index (χ1v) is 6.19. The maximum atomic E-state index is 5.92. The monoisotopic (exact) mass is 212 g/mol. The summed E-state index contributed by atoms with van der Waals surface area (Å²) in [6, 6.07) is 0. The van der Waals surface area contributed by atoms with E-state index in [1.54, 1.807) is 0 Å². The Kier molecular flexibility index (Phi) is 3.33. The summed E-state index contributed by atoms with van der Waals surface area (Å²) in [5.41, 5.74) is 5.69. The van der Waals surface area contributed by atoms with E-state index in [1.807, 2.05) is 0 Å². The van der Waals surface area contributed by atoms with Gasteiger partial charge in [-0.1, -0.05) is 6.42 Å². The summed E-state index contributed by atoms with van der Waals surface area (Å²) >= 11 is 0. The zero-order valence-electron chi connectivity index (χ0n) is 10.0. The van der Waals surface area contributed by atoms with Gasteiger partial charge in [-0.3, -0.25) is 4.90 Å². The van der Waals surface area contributed by atoms with Crippen molar-refractivity contribution in [1.29, 1.82) is 0 Å². The Balaban J connectivity index is 1.87. The van der Waals surface area contributed by atoms with E-state index in [9.17, 15) is 0 Å². The number of ether oxygens (including phenoxy) is 1. The first-order chi connectivity index (χ1) is 7.09. The van der Waals surface area contributed by atoms with Crippen LogP contribution >= 0.6 is 0 Å². The van der Waals surface area contributed by atoms with E-state index in [2.05, 4.69) is 18.7 Å². The number of morpholine rings is 1. The third-order valence-corrected chi connectivity index (χ3v) is 3.56. The highest BCUT2D eigenvalue weighted by Gasteiger charge is 2.34. The lowest BCUT2D eigenvalue weighted by atomic mass is 9.84. The highest BCUT2D eigenvalue weighted by molar-refractivity contribution is 4.86. The van der Waals surface area contributed by atoms with Gasteiger partial charge in [0.05, 0.1) is 11.7 Å². The molecule has 0 spiro atoms. The fourth-order valence-corrected chi connectivity index (χ4v) is 2.72. The predicted octanol–water partition coefficient (Wildman–Crippen LogP) is 1.22. The number of nitrogens with zero attached hydrogens (tertiary/aromatic N) is 1. The van der Waals surface area contributed by atoms with Crippen LogP contribution in [0.4, 0.5) is 0 Å². The van der Waals surface area contributed by atoms with E-state index in [4.69, 9.17) is 10.5 Å². The summed E-state index contributed by atoms with van der Waals surface area (Å²) in [7, 11) is 0. The van der Waals surface area contributed by atoms with Crippen molar-refractivity contribution < 1.29 is 4.74 Å². The zero-order chi connectivity index (χ0) is 10.9. The molecule has 1 aliphatic carbocycles. The van der Waals surface area contributed by atoms with Crippen LogP contribution in [-0.4, -0.2) is 42.8 Å². The van der Waals surface area contributed by atoms with E-state index >= 15 is 0 Å². The minimum atomic E-state index is -0.0218. The fourth-order valence-electron chi connectivity index (χ4n) is 2.72. The molecule has 1 atom stereocenters. The highest BCUT2D eigenvalue weighted by atomic mass is 16.5. The molecule has 0 aromatic carbocycles. The van der Waals surface area contributed by atoms with Gasteiger partial charge < -0.3 is 10.5 Å². The zero-order valence-corrected chi connectivity index (χ0v) is 10.0. The van der Waals surface area contributed by atoms with Crippen LogP contribution in [0.5, 0.6) is 0 Å². The first kappa shape index (κ1) is 11.4. The molecule has 0 aromatic heterocycles. The average molecular weight is 212 g/mol. The summed E-state index contributed by atoms with van der Waals surface area (Å²) in [6.45, 7) is 8.31. The average Bonchev–Trinajstić information content (AvgIpc) is 2.09. The van der Waals surface area contributed by atoms with Crippen molar-refractivity contribution in [1.82, 2.24) is 4.90 Å². The third-order valence-electron chi connectivity index (χ3n) is 3.56. The first-order valence-electron chi connectivity index (χ1n) is 6.19. The van der Waals surface area contributed by atoms with Crippen molar-refractivity contribution in [3.63, 3.8) is 0 Å². The van der Waals surface area contributed by atoms with Crippen LogP contribution in [0, 0.1) is 5.92 Å². The standard InChI is InChI=1S/C12H24N2O/c1-12(2)9-14(7-10-4-3-5-10)8-11(6-13)15-12/h10-11H,3-9,13H2,1-2H3. The van der Waals surface area contributed by atoms with Crippen molar-refractivity contribution >= 4 is 0 Å². The van der Waals surface area contributed by atoms with Crippen LogP contribution < -0.4 is 5.73 Å². The lowest BCUT2D eigenvalue weighted by Crippen LogP contribution is -2.55. The largest absolute Gasteiger partial charge is 0.368 e. The van der Waals surface area contributed by atoms with Crippen molar-refractivity contribution in [2.75, 3.05) is 26.2 Å². The van der Waals surface area contributed by atoms with Gasteiger partial charge in [0.15, 0.2) is 0 Å². The van der Waals surface area contributed by atoms with Crippen molar-refractivity contribution in [2.45, 2.75) is 44.8 Å². The lowest BCUT2D eigenvalue weighted by molar-refractivity contribution is -0.135. The van der Waals surface area contributed by atoms with Crippen molar-refractivity contribution in [2.24, 2.45) is 11.7 Å². The van der Waals surface area contributed by atoms with Crippen LogP contribution in [0.3, 0.4) is 0 Å². The van der Waals surface area contributed by atoms with Crippen LogP contribution in [0.2, 0.25) is 0 Å².